The Bertz CT molecular complexity index is 648. The molecule has 0 radical (unpaired) electrons. The van der Waals surface area contributed by atoms with Gasteiger partial charge in [-0.25, -0.2) is 4.99 Å². The Kier molecular flexibility index (Phi) is 10.2. The highest BCUT2D eigenvalue weighted by atomic mass is 127. The number of hydrogen-bond donors (Lipinski definition) is 3. The lowest BCUT2D eigenvalue weighted by Gasteiger charge is -2.38. The first kappa shape index (κ1) is 24.7. The minimum absolute atomic E-state index is 0. The molecule has 1 aliphatic carbocycles. The normalized spacial score (nSPS) is 22.2. The molecule has 28 heavy (non-hydrogen) atoms. The van der Waals surface area contributed by atoms with Gasteiger partial charge in [0.25, 0.3) is 5.91 Å². The van der Waals surface area contributed by atoms with Crippen LogP contribution in [0.4, 0.5) is 0 Å². The number of amides is 1. The zero-order valence-electron chi connectivity index (χ0n) is 17.5. The molecule has 2 rings (SSSR count). The van der Waals surface area contributed by atoms with Crippen LogP contribution in [0.25, 0.3) is 0 Å². The third kappa shape index (κ3) is 6.92. The Hall–Kier alpha value is -1.35. The van der Waals surface area contributed by atoms with Crippen molar-refractivity contribution in [1.29, 1.82) is 0 Å². The Morgan fingerprint density at radius 3 is 2.50 bits per heavy atom. The van der Waals surface area contributed by atoms with E-state index in [1.165, 1.54) is 6.42 Å². The second-order valence-corrected chi connectivity index (χ2v) is 7.86. The molecule has 0 saturated heterocycles. The van der Waals surface area contributed by atoms with E-state index in [4.69, 9.17) is 0 Å². The van der Waals surface area contributed by atoms with Crippen LogP contribution in [0, 0.1) is 5.41 Å². The van der Waals surface area contributed by atoms with Crippen LogP contribution in [0.5, 0.6) is 0 Å². The highest BCUT2D eigenvalue weighted by Gasteiger charge is 2.35. The predicted octanol–water partition coefficient (Wildman–Crippen LogP) is 3.00. The molecule has 2 atom stereocenters. The highest BCUT2D eigenvalue weighted by molar-refractivity contribution is 14.0. The third-order valence-corrected chi connectivity index (χ3v) is 5.31. The van der Waals surface area contributed by atoms with Crippen LogP contribution >= 0.6 is 24.0 Å². The molecule has 7 heteroatoms. The molecule has 3 N–H and O–H groups in total. The van der Waals surface area contributed by atoms with Gasteiger partial charge in [0.2, 0.25) is 0 Å². The quantitative estimate of drug-likeness (QED) is 0.318. The van der Waals surface area contributed by atoms with Crippen molar-refractivity contribution >= 4 is 35.8 Å². The van der Waals surface area contributed by atoms with Crippen LogP contribution in [0.1, 0.15) is 55.5 Å². The molecule has 1 fully saturated rings. The summed E-state index contributed by atoms with van der Waals surface area (Å²) in [6, 6.07) is 7.56. The fourth-order valence-electron chi connectivity index (χ4n) is 3.40. The van der Waals surface area contributed by atoms with Crippen LogP contribution in [0.3, 0.4) is 0 Å². The molecule has 158 valence electrons. The average Bonchev–Trinajstić information content (AvgIpc) is 2.66. The van der Waals surface area contributed by atoms with Crippen LogP contribution in [-0.4, -0.2) is 55.2 Å². The van der Waals surface area contributed by atoms with Crippen LogP contribution in [0.2, 0.25) is 0 Å². The number of rotatable bonds is 6. The predicted molar refractivity (Wildman–Crippen MR) is 125 cm³/mol. The van der Waals surface area contributed by atoms with Gasteiger partial charge >= 0.3 is 0 Å². The van der Waals surface area contributed by atoms with Gasteiger partial charge in [0, 0.05) is 38.2 Å². The fraction of sp³-hybridized carbons (Fsp3) is 0.619. The standard InChI is InChI=1S/C21H34N4O2.HI/c1-5-22-20(24-15-21(2)13-7-6-8-18(21)26)23-14-16-9-11-17(12-10-16)19(27)25(3)4;/h9-12,18,26H,5-8,13-15H2,1-4H3,(H2,22,23,24);1H. The first-order valence-electron chi connectivity index (χ1n) is 9.86. The van der Waals surface area contributed by atoms with Crippen molar-refractivity contribution in [2.24, 2.45) is 10.4 Å². The highest BCUT2D eigenvalue weighted by Crippen LogP contribution is 2.35. The van der Waals surface area contributed by atoms with Gasteiger partial charge in [-0.2, -0.15) is 0 Å². The summed E-state index contributed by atoms with van der Waals surface area (Å²) in [5.41, 5.74) is 1.62. The van der Waals surface area contributed by atoms with Crippen LogP contribution < -0.4 is 10.6 Å². The average molecular weight is 502 g/mol. The fourth-order valence-corrected chi connectivity index (χ4v) is 3.40. The monoisotopic (exact) mass is 502 g/mol. The Morgan fingerprint density at radius 2 is 1.93 bits per heavy atom. The van der Waals surface area contributed by atoms with E-state index in [-0.39, 0.29) is 41.4 Å². The maximum Gasteiger partial charge on any atom is 0.253 e. The summed E-state index contributed by atoms with van der Waals surface area (Å²) in [5.74, 6) is 0.754. The Balaban J connectivity index is 0.00000392. The third-order valence-electron chi connectivity index (χ3n) is 5.31. The number of carbonyl (C=O) groups is 1. The van der Waals surface area contributed by atoms with Gasteiger partial charge in [-0.3, -0.25) is 4.79 Å². The lowest BCUT2D eigenvalue weighted by molar-refractivity contribution is 0.00397. The summed E-state index contributed by atoms with van der Waals surface area (Å²) in [5, 5.41) is 17.0. The molecule has 6 nitrogen and oxygen atoms in total. The zero-order chi connectivity index (χ0) is 19.9. The summed E-state index contributed by atoms with van der Waals surface area (Å²) in [4.78, 5) is 18.2. The van der Waals surface area contributed by atoms with Crippen LogP contribution in [-0.2, 0) is 6.54 Å². The van der Waals surface area contributed by atoms with Crippen molar-refractivity contribution in [3.8, 4) is 0 Å². The van der Waals surface area contributed by atoms with E-state index in [0.717, 1.165) is 37.3 Å². The minimum Gasteiger partial charge on any atom is -0.392 e. The molecule has 0 aromatic heterocycles. The molecule has 0 spiro atoms. The lowest BCUT2D eigenvalue weighted by atomic mass is 9.73. The van der Waals surface area contributed by atoms with Gasteiger partial charge in [0.05, 0.1) is 12.6 Å². The van der Waals surface area contributed by atoms with Gasteiger partial charge in [-0.1, -0.05) is 31.9 Å². The number of guanidine groups is 1. The minimum atomic E-state index is -0.261. The van der Waals surface area contributed by atoms with Crippen molar-refractivity contribution < 1.29 is 9.90 Å². The molecule has 1 saturated carbocycles. The molecule has 0 heterocycles. The number of carbonyl (C=O) groups excluding carboxylic acids is 1. The largest absolute Gasteiger partial charge is 0.392 e. The number of halogens is 1. The maximum absolute atomic E-state index is 12.0. The molecule has 1 aromatic carbocycles. The van der Waals surface area contributed by atoms with Gasteiger partial charge in [-0.05, 0) is 37.5 Å². The topological polar surface area (TPSA) is 77.0 Å². The maximum atomic E-state index is 12.0. The van der Waals surface area contributed by atoms with E-state index >= 15 is 0 Å². The molecule has 0 bridgehead atoms. The van der Waals surface area contributed by atoms with Gasteiger partial charge < -0.3 is 20.6 Å². The van der Waals surface area contributed by atoms with Crippen molar-refractivity contribution in [3.63, 3.8) is 0 Å². The molecule has 0 aliphatic heterocycles. The SMILES string of the molecule is CCNC(=NCc1ccc(C(=O)N(C)C)cc1)NCC1(C)CCCCC1O.I. The van der Waals surface area contributed by atoms with Crippen molar-refractivity contribution in [1.82, 2.24) is 15.5 Å². The number of hydrogen-bond acceptors (Lipinski definition) is 3. The summed E-state index contributed by atoms with van der Waals surface area (Å²) < 4.78 is 0. The Labute approximate surface area is 186 Å². The molecular weight excluding hydrogens is 467 g/mol. The summed E-state index contributed by atoms with van der Waals surface area (Å²) in [6.07, 6.45) is 3.92. The lowest BCUT2D eigenvalue weighted by Crippen LogP contribution is -2.48. The number of aliphatic imine (C=N–C) groups is 1. The van der Waals surface area contributed by atoms with E-state index < -0.39 is 0 Å². The van der Waals surface area contributed by atoms with Gasteiger partial charge in [-0.15, -0.1) is 24.0 Å². The number of aliphatic hydroxyl groups excluding tert-OH is 1. The summed E-state index contributed by atoms with van der Waals surface area (Å²) >= 11 is 0. The van der Waals surface area contributed by atoms with E-state index in [9.17, 15) is 9.90 Å². The number of benzene rings is 1. The van der Waals surface area contributed by atoms with E-state index in [1.54, 1.807) is 19.0 Å². The van der Waals surface area contributed by atoms with Gasteiger partial charge in [0.1, 0.15) is 0 Å². The molecular formula is C21H35IN4O2. The number of nitrogens with zero attached hydrogens (tertiary/aromatic N) is 2. The Morgan fingerprint density at radius 1 is 1.25 bits per heavy atom. The van der Waals surface area contributed by atoms with E-state index in [0.29, 0.717) is 18.7 Å². The summed E-state index contributed by atoms with van der Waals surface area (Å²) in [7, 11) is 3.50. The number of aliphatic hydroxyl groups is 1. The molecule has 1 aliphatic rings. The molecule has 2 unspecified atom stereocenters. The van der Waals surface area contributed by atoms with E-state index in [2.05, 4.69) is 22.5 Å². The zero-order valence-corrected chi connectivity index (χ0v) is 19.8. The van der Waals surface area contributed by atoms with Crippen molar-refractivity contribution in [2.75, 3.05) is 27.2 Å². The smallest absolute Gasteiger partial charge is 0.253 e. The molecule has 1 aromatic rings. The first-order valence-corrected chi connectivity index (χ1v) is 9.86. The van der Waals surface area contributed by atoms with Crippen molar-refractivity contribution in [2.45, 2.75) is 52.2 Å². The second kappa shape index (κ2) is 11.6. The van der Waals surface area contributed by atoms with Crippen molar-refractivity contribution in [3.05, 3.63) is 35.4 Å². The summed E-state index contributed by atoms with van der Waals surface area (Å²) in [6.45, 7) is 6.20. The number of nitrogens with one attached hydrogen (secondary N) is 2. The van der Waals surface area contributed by atoms with Gasteiger partial charge in [0.15, 0.2) is 5.96 Å². The van der Waals surface area contributed by atoms with Crippen LogP contribution in [0.15, 0.2) is 29.3 Å². The molecule has 1 amide bonds. The second-order valence-electron chi connectivity index (χ2n) is 7.86. The van der Waals surface area contributed by atoms with E-state index in [1.807, 2.05) is 31.2 Å². The first-order chi connectivity index (χ1) is 12.9.